The Morgan fingerprint density at radius 2 is 2.31 bits per heavy atom. The Kier molecular flexibility index (Phi) is 4.81. The predicted octanol–water partition coefficient (Wildman–Crippen LogP) is 1.98. The molecule has 0 saturated heterocycles. The standard InChI is InChI=1S/C13H18N2O/c1-4-8-15(9-5-2)12-6-7-13(11(3)16)14-10-12/h1,6-7,10-11,16H,5,8-9H2,2-3H3/t11-/m1/s1. The summed E-state index contributed by atoms with van der Waals surface area (Å²) in [5.74, 6) is 2.64. The van der Waals surface area contributed by atoms with E-state index in [4.69, 9.17) is 6.42 Å². The Hall–Kier alpha value is -1.53. The van der Waals surface area contributed by atoms with Gasteiger partial charge in [-0.15, -0.1) is 6.42 Å². The SMILES string of the molecule is C#CCN(CCC)c1ccc([C@@H](C)O)nc1. The number of anilines is 1. The summed E-state index contributed by atoms with van der Waals surface area (Å²) in [6, 6.07) is 3.78. The highest BCUT2D eigenvalue weighted by atomic mass is 16.3. The van der Waals surface area contributed by atoms with E-state index in [1.165, 1.54) is 0 Å². The van der Waals surface area contributed by atoms with Crippen LogP contribution in [-0.4, -0.2) is 23.2 Å². The molecule has 1 atom stereocenters. The molecule has 86 valence electrons. The lowest BCUT2D eigenvalue weighted by Crippen LogP contribution is -2.24. The molecule has 0 aliphatic heterocycles. The molecule has 1 aromatic rings. The molecule has 1 rings (SSSR count). The molecule has 3 nitrogen and oxygen atoms in total. The van der Waals surface area contributed by atoms with E-state index in [0.29, 0.717) is 12.2 Å². The van der Waals surface area contributed by atoms with Crippen molar-refractivity contribution in [2.24, 2.45) is 0 Å². The molecule has 0 radical (unpaired) electrons. The predicted molar refractivity (Wildman–Crippen MR) is 66.2 cm³/mol. The molecule has 0 bridgehead atoms. The third-order valence-electron chi connectivity index (χ3n) is 2.34. The lowest BCUT2D eigenvalue weighted by Gasteiger charge is -2.21. The quantitative estimate of drug-likeness (QED) is 0.768. The summed E-state index contributed by atoms with van der Waals surface area (Å²) in [6.45, 7) is 5.32. The lowest BCUT2D eigenvalue weighted by atomic mass is 10.2. The molecule has 16 heavy (non-hydrogen) atoms. The molecule has 0 aromatic carbocycles. The van der Waals surface area contributed by atoms with Crippen molar-refractivity contribution in [3.05, 3.63) is 24.0 Å². The molecule has 0 unspecified atom stereocenters. The van der Waals surface area contributed by atoms with Crippen molar-refractivity contribution in [2.75, 3.05) is 18.0 Å². The van der Waals surface area contributed by atoms with Gasteiger partial charge >= 0.3 is 0 Å². The summed E-state index contributed by atoms with van der Waals surface area (Å²) < 4.78 is 0. The van der Waals surface area contributed by atoms with Crippen LogP contribution in [0.5, 0.6) is 0 Å². The summed E-state index contributed by atoms with van der Waals surface area (Å²) in [7, 11) is 0. The maximum atomic E-state index is 9.35. The summed E-state index contributed by atoms with van der Waals surface area (Å²) >= 11 is 0. The van der Waals surface area contributed by atoms with Gasteiger partial charge in [-0.05, 0) is 25.5 Å². The van der Waals surface area contributed by atoms with Crippen molar-refractivity contribution in [3.63, 3.8) is 0 Å². The summed E-state index contributed by atoms with van der Waals surface area (Å²) in [6.07, 6.45) is 7.60. The van der Waals surface area contributed by atoms with Crippen molar-refractivity contribution in [1.29, 1.82) is 0 Å². The van der Waals surface area contributed by atoms with Gasteiger partial charge in [0.2, 0.25) is 0 Å². The molecule has 0 saturated carbocycles. The summed E-state index contributed by atoms with van der Waals surface area (Å²) in [5.41, 5.74) is 1.69. The molecule has 0 spiro atoms. The number of hydrogen-bond donors (Lipinski definition) is 1. The van der Waals surface area contributed by atoms with Gasteiger partial charge in [-0.25, -0.2) is 0 Å². The third kappa shape index (κ3) is 3.25. The average molecular weight is 218 g/mol. The molecule has 0 fully saturated rings. The topological polar surface area (TPSA) is 36.4 Å². The van der Waals surface area contributed by atoms with Crippen molar-refractivity contribution in [1.82, 2.24) is 4.98 Å². The monoisotopic (exact) mass is 218 g/mol. The third-order valence-corrected chi connectivity index (χ3v) is 2.34. The number of pyridine rings is 1. The van der Waals surface area contributed by atoms with Crippen LogP contribution in [0.4, 0.5) is 5.69 Å². The number of hydrogen-bond acceptors (Lipinski definition) is 3. The Bertz CT molecular complexity index is 351. The van der Waals surface area contributed by atoms with Crippen LogP contribution in [0.15, 0.2) is 18.3 Å². The fraction of sp³-hybridized carbons (Fsp3) is 0.462. The molecule has 3 heteroatoms. The highest BCUT2D eigenvalue weighted by Crippen LogP contribution is 2.16. The van der Waals surface area contributed by atoms with Crippen LogP contribution in [-0.2, 0) is 0 Å². The summed E-state index contributed by atoms with van der Waals surface area (Å²) in [4.78, 5) is 6.30. The van der Waals surface area contributed by atoms with Gasteiger partial charge in [0, 0.05) is 6.54 Å². The first-order valence-electron chi connectivity index (χ1n) is 5.51. The Labute approximate surface area is 97.1 Å². The lowest BCUT2D eigenvalue weighted by molar-refractivity contribution is 0.194. The molecule has 1 heterocycles. The Morgan fingerprint density at radius 1 is 1.56 bits per heavy atom. The minimum atomic E-state index is -0.527. The maximum absolute atomic E-state index is 9.35. The second-order valence-electron chi connectivity index (χ2n) is 3.74. The largest absolute Gasteiger partial charge is 0.387 e. The van der Waals surface area contributed by atoms with Gasteiger partial charge in [-0.3, -0.25) is 4.98 Å². The van der Waals surface area contributed by atoms with E-state index in [1.807, 2.05) is 12.1 Å². The molecule has 1 aromatic heterocycles. The van der Waals surface area contributed by atoms with Crippen molar-refractivity contribution in [3.8, 4) is 12.3 Å². The van der Waals surface area contributed by atoms with Crippen molar-refractivity contribution < 1.29 is 5.11 Å². The highest BCUT2D eigenvalue weighted by molar-refractivity contribution is 5.45. The van der Waals surface area contributed by atoms with Crippen molar-refractivity contribution >= 4 is 5.69 Å². The highest BCUT2D eigenvalue weighted by Gasteiger charge is 2.06. The van der Waals surface area contributed by atoms with Crippen molar-refractivity contribution in [2.45, 2.75) is 26.4 Å². The minimum absolute atomic E-state index is 0.527. The van der Waals surface area contributed by atoms with E-state index in [-0.39, 0.29) is 0 Å². The molecular formula is C13H18N2O. The maximum Gasteiger partial charge on any atom is 0.0931 e. The Morgan fingerprint density at radius 3 is 2.75 bits per heavy atom. The molecular weight excluding hydrogens is 200 g/mol. The molecule has 1 N–H and O–H groups in total. The zero-order chi connectivity index (χ0) is 12.0. The molecule has 0 aliphatic carbocycles. The number of aliphatic hydroxyl groups excluding tert-OH is 1. The number of aliphatic hydroxyl groups is 1. The number of rotatable bonds is 5. The van der Waals surface area contributed by atoms with Crippen LogP contribution in [0.2, 0.25) is 0 Å². The molecule has 0 aliphatic rings. The van der Waals surface area contributed by atoms with Gasteiger partial charge in [0.1, 0.15) is 0 Å². The van der Waals surface area contributed by atoms with Crippen LogP contribution in [0.25, 0.3) is 0 Å². The van der Waals surface area contributed by atoms with Gasteiger partial charge in [0.25, 0.3) is 0 Å². The van der Waals surface area contributed by atoms with E-state index in [0.717, 1.165) is 18.7 Å². The number of aromatic nitrogens is 1. The fourth-order valence-electron chi connectivity index (χ4n) is 1.51. The Balaban J connectivity index is 2.81. The van der Waals surface area contributed by atoms with Crippen LogP contribution in [0.1, 0.15) is 32.1 Å². The first kappa shape index (κ1) is 12.5. The molecule has 0 amide bonds. The van der Waals surface area contributed by atoms with Crippen LogP contribution in [0.3, 0.4) is 0 Å². The first-order chi connectivity index (χ1) is 7.69. The van der Waals surface area contributed by atoms with Gasteiger partial charge in [-0.2, -0.15) is 0 Å². The number of terminal acetylenes is 1. The normalized spacial score (nSPS) is 11.9. The van der Waals surface area contributed by atoms with Crippen LogP contribution in [0, 0.1) is 12.3 Å². The second-order valence-corrected chi connectivity index (χ2v) is 3.74. The van der Waals surface area contributed by atoms with E-state index in [2.05, 4.69) is 22.7 Å². The van der Waals surface area contributed by atoms with Crippen LogP contribution >= 0.6 is 0 Å². The van der Waals surface area contributed by atoms with Gasteiger partial charge < -0.3 is 10.0 Å². The van der Waals surface area contributed by atoms with E-state index in [9.17, 15) is 5.11 Å². The number of nitrogens with zero attached hydrogens (tertiary/aromatic N) is 2. The first-order valence-corrected chi connectivity index (χ1v) is 5.51. The van der Waals surface area contributed by atoms with E-state index >= 15 is 0 Å². The zero-order valence-electron chi connectivity index (χ0n) is 9.85. The van der Waals surface area contributed by atoms with Gasteiger partial charge in [0.15, 0.2) is 0 Å². The summed E-state index contributed by atoms with van der Waals surface area (Å²) in [5, 5.41) is 9.35. The van der Waals surface area contributed by atoms with Crippen LogP contribution < -0.4 is 4.90 Å². The van der Waals surface area contributed by atoms with E-state index in [1.54, 1.807) is 13.1 Å². The minimum Gasteiger partial charge on any atom is -0.387 e. The average Bonchev–Trinajstić information content (AvgIpc) is 2.29. The van der Waals surface area contributed by atoms with E-state index < -0.39 is 6.10 Å². The smallest absolute Gasteiger partial charge is 0.0931 e. The second kappa shape index (κ2) is 6.14. The fourth-order valence-corrected chi connectivity index (χ4v) is 1.51. The van der Waals surface area contributed by atoms with Gasteiger partial charge in [0.05, 0.1) is 30.2 Å². The zero-order valence-corrected chi connectivity index (χ0v) is 9.85. The van der Waals surface area contributed by atoms with Gasteiger partial charge in [-0.1, -0.05) is 12.8 Å².